The van der Waals surface area contributed by atoms with Crippen LogP contribution in [0.2, 0.25) is 0 Å². The minimum absolute atomic E-state index is 0.236. The van der Waals surface area contributed by atoms with Crippen LogP contribution in [0.25, 0.3) is 6.08 Å². The zero-order chi connectivity index (χ0) is 29.7. The molecule has 0 bridgehead atoms. The Morgan fingerprint density at radius 3 is 2.44 bits per heavy atom. The standard InChI is InChI=1S/C30H28IN3O7/c1-5-40-25-15-19(14-23(31)27(25)41-16-26(35)32-24-12-17(2)6-7-18(24)3)13-22-28(36)33-30(38)34(29(22)37)20-8-10-21(39-4)11-9-20/h6-15H,5,16H2,1-4H3,(H,32,35)(H,33,36,38)/b22-13+. The van der Waals surface area contributed by atoms with E-state index in [1.165, 1.54) is 13.2 Å². The average molecular weight is 669 g/mol. The molecule has 3 aromatic rings. The molecule has 1 heterocycles. The van der Waals surface area contributed by atoms with Gasteiger partial charge in [-0.15, -0.1) is 0 Å². The van der Waals surface area contributed by atoms with E-state index in [9.17, 15) is 19.2 Å². The highest BCUT2D eigenvalue weighted by molar-refractivity contribution is 14.1. The summed E-state index contributed by atoms with van der Waals surface area (Å²) in [5, 5.41) is 5.07. The number of benzene rings is 3. The number of methoxy groups -OCH3 is 1. The van der Waals surface area contributed by atoms with E-state index in [-0.39, 0.29) is 23.8 Å². The van der Waals surface area contributed by atoms with E-state index in [1.807, 2.05) is 54.6 Å². The molecule has 1 aliphatic rings. The highest BCUT2D eigenvalue weighted by Crippen LogP contribution is 2.35. The first kappa shape index (κ1) is 29.6. The highest BCUT2D eigenvalue weighted by atomic mass is 127. The Bertz CT molecular complexity index is 1550. The van der Waals surface area contributed by atoms with Crippen molar-refractivity contribution < 1.29 is 33.4 Å². The number of hydrogen-bond acceptors (Lipinski definition) is 7. The van der Waals surface area contributed by atoms with Crippen LogP contribution in [-0.2, 0) is 14.4 Å². The van der Waals surface area contributed by atoms with Crippen LogP contribution in [0.5, 0.6) is 17.2 Å². The fourth-order valence-corrected chi connectivity index (χ4v) is 4.84. The van der Waals surface area contributed by atoms with Gasteiger partial charge in [-0.05, 0) is 109 Å². The molecule has 41 heavy (non-hydrogen) atoms. The maximum Gasteiger partial charge on any atom is 0.335 e. The normalized spacial score (nSPS) is 14.1. The van der Waals surface area contributed by atoms with Gasteiger partial charge in [0.05, 0.1) is 23.0 Å². The van der Waals surface area contributed by atoms with Crippen LogP contribution < -0.4 is 29.7 Å². The van der Waals surface area contributed by atoms with Gasteiger partial charge in [-0.3, -0.25) is 19.7 Å². The summed E-state index contributed by atoms with van der Waals surface area (Å²) < 4.78 is 17.3. The second kappa shape index (κ2) is 12.9. The monoisotopic (exact) mass is 669 g/mol. The van der Waals surface area contributed by atoms with Crippen molar-refractivity contribution in [3.8, 4) is 17.2 Å². The Balaban J connectivity index is 1.58. The van der Waals surface area contributed by atoms with Crippen LogP contribution in [0, 0.1) is 17.4 Å². The lowest BCUT2D eigenvalue weighted by atomic mass is 10.1. The van der Waals surface area contributed by atoms with Crippen molar-refractivity contribution in [3.05, 3.63) is 80.4 Å². The number of ether oxygens (including phenoxy) is 3. The summed E-state index contributed by atoms with van der Waals surface area (Å²) in [7, 11) is 1.50. The van der Waals surface area contributed by atoms with E-state index >= 15 is 0 Å². The van der Waals surface area contributed by atoms with Crippen molar-refractivity contribution in [2.75, 3.05) is 30.5 Å². The maximum atomic E-state index is 13.3. The van der Waals surface area contributed by atoms with E-state index in [4.69, 9.17) is 14.2 Å². The third kappa shape index (κ3) is 6.85. The molecule has 1 fully saturated rings. The summed E-state index contributed by atoms with van der Waals surface area (Å²) in [5.74, 6) is -0.705. The number of carbonyl (C=O) groups excluding carboxylic acids is 4. The van der Waals surface area contributed by atoms with Gasteiger partial charge in [0.2, 0.25) is 0 Å². The molecule has 1 saturated heterocycles. The number of carbonyl (C=O) groups is 4. The number of aryl methyl sites for hydroxylation is 2. The second-order valence-electron chi connectivity index (χ2n) is 9.07. The van der Waals surface area contributed by atoms with E-state index in [0.29, 0.717) is 38.7 Å². The van der Waals surface area contributed by atoms with Crippen molar-refractivity contribution in [2.45, 2.75) is 20.8 Å². The molecule has 0 aliphatic carbocycles. The first-order valence-corrected chi connectivity index (χ1v) is 13.7. The fourth-order valence-electron chi connectivity index (χ4n) is 4.06. The van der Waals surface area contributed by atoms with Crippen LogP contribution in [0.3, 0.4) is 0 Å². The molecule has 2 N–H and O–H groups in total. The zero-order valence-corrected chi connectivity index (χ0v) is 25.0. The molecule has 212 valence electrons. The van der Waals surface area contributed by atoms with Gasteiger partial charge in [0.25, 0.3) is 17.7 Å². The topological polar surface area (TPSA) is 123 Å². The molecule has 3 aromatic carbocycles. The molecule has 1 aliphatic heterocycles. The first-order chi connectivity index (χ1) is 19.6. The van der Waals surface area contributed by atoms with E-state index in [1.54, 1.807) is 43.3 Å². The van der Waals surface area contributed by atoms with Gasteiger partial charge in [-0.1, -0.05) is 12.1 Å². The van der Waals surface area contributed by atoms with Crippen molar-refractivity contribution in [1.82, 2.24) is 5.32 Å². The Hall–Kier alpha value is -4.39. The number of imide groups is 2. The van der Waals surface area contributed by atoms with E-state index < -0.39 is 17.8 Å². The second-order valence-corrected chi connectivity index (χ2v) is 10.2. The van der Waals surface area contributed by atoms with Crippen molar-refractivity contribution in [1.29, 1.82) is 0 Å². The summed E-state index contributed by atoms with van der Waals surface area (Å²) in [5.41, 5.74) is 3.16. The number of nitrogens with zero attached hydrogens (tertiary/aromatic N) is 1. The Morgan fingerprint density at radius 1 is 1.02 bits per heavy atom. The van der Waals surface area contributed by atoms with Gasteiger partial charge < -0.3 is 19.5 Å². The quantitative estimate of drug-likeness (QED) is 0.187. The summed E-state index contributed by atoms with van der Waals surface area (Å²) in [6.07, 6.45) is 1.38. The number of nitrogens with one attached hydrogen (secondary N) is 2. The number of anilines is 2. The molecule has 0 saturated carbocycles. The number of hydrogen-bond donors (Lipinski definition) is 2. The van der Waals surface area contributed by atoms with Crippen LogP contribution >= 0.6 is 22.6 Å². The summed E-state index contributed by atoms with van der Waals surface area (Å²) in [4.78, 5) is 52.0. The number of barbiturate groups is 1. The van der Waals surface area contributed by atoms with Gasteiger partial charge in [0.1, 0.15) is 11.3 Å². The molecule has 10 nitrogen and oxygen atoms in total. The lowest BCUT2D eigenvalue weighted by molar-refractivity contribution is -0.122. The van der Waals surface area contributed by atoms with Gasteiger partial charge in [-0.2, -0.15) is 0 Å². The number of rotatable bonds is 9. The number of urea groups is 1. The Labute approximate surface area is 250 Å². The van der Waals surface area contributed by atoms with Gasteiger partial charge >= 0.3 is 6.03 Å². The third-order valence-corrected chi connectivity index (χ3v) is 6.89. The Morgan fingerprint density at radius 2 is 1.76 bits per heavy atom. The molecule has 0 spiro atoms. The summed E-state index contributed by atoms with van der Waals surface area (Å²) in [6.45, 7) is 5.69. The minimum atomic E-state index is -0.852. The molecule has 0 atom stereocenters. The summed E-state index contributed by atoms with van der Waals surface area (Å²) >= 11 is 2.03. The maximum absolute atomic E-state index is 13.3. The largest absolute Gasteiger partial charge is 0.497 e. The predicted octanol–water partition coefficient (Wildman–Crippen LogP) is 5.00. The fraction of sp³-hybridized carbons (Fsp3) is 0.200. The molecule has 5 amide bonds. The predicted molar refractivity (Wildman–Crippen MR) is 162 cm³/mol. The van der Waals surface area contributed by atoms with E-state index in [0.717, 1.165) is 16.0 Å². The molecular formula is C30H28IN3O7. The minimum Gasteiger partial charge on any atom is -0.497 e. The van der Waals surface area contributed by atoms with Crippen LogP contribution in [-0.4, -0.2) is 44.1 Å². The SMILES string of the molecule is CCOc1cc(/C=C2\C(=O)NC(=O)N(c3ccc(OC)cc3)C2=O)cc(I)c1OCC(=O)Nc1cc(C)ccc1C. The summed E-state index contributed by atoms with van der Waals surface area (Å²) in [6, 6.07) is 14.5. The molecule has 0 unspecified atom stereocenters. The van der Waals surface area contributed by atoms with E-state index in [2.05, 4.69) is 10.6 Å². The molecule has 0 radical (unpaired) electrons. The van der Waals surface area contributed by atoms with Crippen molar-refractivity contribution >= 4 is 63.8 Å². The smallest absolute Gasteiger partial charge is 0.335 e. The van der Waals surface area contributed by atoms with Crippen LogP contribution in [0.1, 0.15) is 23.6 Å². The van der Waals surface area contributed by atoms with Crippen LogP contribution in [0.15, 0.2) is 60.2 Å². The lowest BCUT2D eigenvalue weighted by Gasteiger charge is -2.26. The van der Waals surface area contributed by atoms with Crippen molar-refractivity contribution in [3.63, 3.8) is 0 Å². The molecule has 4 rings (SSSR count). The van der Waals surface area contributed by atoms with Gasteiger partial charge in [0, 0.05) is 5.69 Å². The van der Waals surface area contributed by atoms with Gasteiger partial charge in [0.15, 0.2) is 18.1 Å². The first-order valence-electron chi connectivity index (χ1n) is 12.6. The number of halogens is 1. The number of amides is 5. The third-order valence-electron chi connectivity index (χ3n) is 6.09. The van der Waals surface area contributed by atoms with Crippen LogP contribution in [0.4, 0.5) is 16.2 Å². The molecule has 0 aromatic heterocycles. The molecular weight excluding hydrogens is 641 g/mol. The highest BCUT2D eigenvalue weighted by Gasteiger charge is 2.37. The molecule has 11 heteroatoms. The van der Waals surface area contributed by atoms with Crippen molar-refractivity contribution in [2.24, 2.45) is 0 Å². The Kier molecular flexibility index (Phi) is 9.28. The zero-order valence-electron chi connectivity index (χ0n) is 22.9. The van der Waals surface area contributed by atoms with Gasteiger partial charge in [-0.25, -0.2) is 9.69 Å². The average Bonchev–Trinajstić information content (AvgIpc) is 2.93. The lowest BCUT2D eigenvalue weighted by Crippen LogP contribution is -2.54.